The van der Waals surface area contributed by atoms with Gasteiger partial charge in [0.15, 0.2) is 5.13 Å². The van der Waals surface area contributed by atoms with Crippen LogP contribution in [0.4, 0.5) is 5.13 Å². The first-order chi connectivity index (χ1) is 12.9. The van der Waals surface area contributed by atoms with Gasteiger partial charge in [-0.25, -0.2) is 4.98 Å². The number of ether oxygens (including phenoxy) is 2. The van der Waals surface area contributed by atoms with Crippen molar-refractivity contribution >= 4 is 16.5 Å². The Kier molecular flexibility index (Phi) is 6.11. The summed E-state index contributed by atoms with van der Waals surface area (Å²) in [6.07, 6.45) is 6.55. The maximum Gasteiger partial charge on any atom is 0.185 e. The standard InChI is InChI=1S/C19H26N4O2S/c1-2-6-20-16(4-1)13-22(14-17-5-3-9-25-17)15-18-12-21-19(26-18)23-7-10-24-11-8-23/h1-2,4,6,12,17H,3,5,7-11,13-15H2. The van der Waals surface area contributed by atoms with Crippen LogP contribution in [0.1, 0.15) is 23.4 Å². The van der Waals surface area contributed by atoms with Crippen molar-refractivity contribution < 1.29 is 9.47 Å². The maximum atomic E-state index is 5.86. The van der Waals surface area contributed by atoms with Gasteiger partial charge < -0.3 is 14.4 Å². The first-order valence-corrected chi connectivity index (χ1v) is 10.2. The van der Waals surface area contributed by atoms with E-state index in [4.69, 9.17) is 9.47 Å². The average Bonchev–Trinajstić information content (AvgIpc) is 3.35. The molecule has 0 saturated carbocycles. The lowest BCUT2D eigenvalue weighted by atomic mass is 10.2. The van der Waals surface area contributed by atoms with Crippen LogP contribution in [0.2, 0.25) is 0 Å². The molecule has 140 valence electrons. The summed E-state index contributed by atoms with van der Waals surface area (Å²) in [6, 6.07) is 6.11. The molecule has 1 atom stereocenters. The first kappa shape index (κ1) is 17.9. The van der Waals surface area contributed by atoms with E-state index >= 15 is 0 Å². The largest absolute Gasteiger partial charge is 0.378 e. The lowest BCUT2D eigenvalue weighted by Gasteiger charge is -2.26. The molecule has 2 saturated heterocycles. The summed E-state index contributed by atoms with van der Waals surface area (Å²) in [6.45, 7) is 7.01. The van der Waals surface area contributed by atoms with E-state index in [1.165, 1.54) is 11.3 Å². The highest BCUT2D eigenvalue weighted by Gasteiger charge is 2.21. The van der Waals surface area contributed by atoms with Crippen molar-refractivity contribution in [1.29, 1.82) is 0 Å². The Labute approximate surface area is 158 Å². The van der Waals surface area contributed by atoms with Crippen molar-refractivity contribution in [2.75, 3.05) is 44.4 Å². The molecule has 26 heavy (non-hydrogen) atoms. The summed E-state index contributed by atoms with van der Waals surface area (Å²) in [4.78, 5) is 15.2. The number of morpholine rings is 1. The molecule has 2 aliphatic rings. The Morgan fingerprint density at radius 1 is 1.15 bits per heavy atom. The number of hydrogen-bond acceptors (Lipinski definition) is 7. The van der Waals surface area contributed by atoms with Crippen molar-refractivity contribution in [2.24, 2.45) is 0 Å². The highest BCUT2D eigenvalue weighted by atomic mass is 32.1. The molecule has 0 N–H and O–H groups in total. The van der Waals surface area contributed by atoms with Gasteiger partial charge in [-0.1, -0.05) is 6.07 Å². The predicted octanol–water partition coefficient (Wildman–Crippen LogP) is 2.56. The van der Waals surface area contributed by atoms with Gasteiger partial charge in [-0.3, -0.25) is 9.88 Å². The Hall–Kier alpha value is -1.54. The summed E-state index contributed by atoms with van der Waals surface area (Å²) in [5.74, 6) is 0. The van der Waals surface area contributed by atoms with E-state index in [0.29, 0.717) is 6.10 Å². The van der Waals surface area contributed by atoms with Crippen molar-refractivity contribution in [3.63, 3.8) is 0 Å². The topological polar surface area (TPSA) is 50.7 Å². The van der Waals surface area contributed by atoms with Crippen LogP contribution in [0, 0.1) is 0 Å². The number of hydrogen-bond donors (Lipinski definition) is 0. The second-order valence-corrected chi connectivity index (χ2v) is 7.93. The summed E-state index contributed by atoms with van der Waals surface area (Å²) in [5.41, 5.74) is 1.10. The number of nitrogens with zero attached hydrogens (tertiary/aromatic N) is 4. The van der Waals surface area contributed by atoms with Crippen LogP contribution in [0.25, 0.3) is 0 Å². The lowest BCUT2D eigenvalue weighted by molar-refractivity contribution is 0.0678. The Bertz CT molecular complexity index is 669. The zero-order valence-corrected chi connectivity index (χ0v) is 15.9. The van der Waals surface area contributed by atoms with Crippen molar-refractivity contribution in [3.05, 3.63) is 41.2 Å². The molecule has 0 aromatic carbocycles. The van der Waals surface area contributed by atoms with Crippen LogP contribution in [-0.2, 0) is 22.6 Å². The van der Waals surface area contributed by atoms with Gasteiger partial charge in [-0.2, -0.15) is 0 Å². The van der Waals surface area contributed by atoms with E-state index in [9.17, 15) is 0 Å². The van der Waals surface area contributed by atoms with E-state index in [2.05, 4.69) is 31.9 Å². The molecular weight excluding hydrogens is 348 g/mol. The fraction of sp³-hybridized carbons (Fsp3) is 0.579. The highest BCUT2D eigenvalue weighted by molar-refractivity contribution is 7.15. The molecule has 2 fully saturated rings. The van der Waals surface area contributed by atoms with Gasteiger partial charge in [-0.15, -0.1) is 11.3 Å². The second-order valence-electron chi connectivity index (χ2n) is 6.83. The molecule has 0 radical (unpaired) electrons. The third-order valence-electron chi connectivity index (χ3n) is 4.80. The molecule has 4 rings (SSSR count). The Morgan fingerprint density at radius 2 is 2.08 bits per heavy atom. The molecular formula is C19H26N4O2S. The molecule has 0 aliphatic carbocycles. The summed E-state index contributed by atoms with van der Waals surface area (Å²) in [7, 11) is 0. The molecule has 7 heteroatoms. The first-order valence-electron chi connectivity index (χ1n) is 9.38. The van der Waals surface area contributed by atoms with Gasteiger partial charge >= 0.3 is 0 Å². The highest BCUT2D eigenvalue weighted by Crippen LogP contribution is 2.25. The zero-order chi connectivity index (χ0) is 17.6. The smallest absolute Gasteiger partial charge is 0.185 e. The third-order valence-corrected chi connectivity index (χ3v) is 5.84. The van der Waals surface area contributed by atoms with E-state index in [0.717, 1.165) is 69.8 Å². The minimum atomic E-state index is 0.338. The number of thiazole rings is 1. The summed E-state index contributed by atoms with van der Waals surface area (Å²) < 4.78 is 11.3. The molecule has 6 nitrogen and oxygen atoms in total. The number of rotatable bonds is 7. The third kappa shape index (κ3) is 4.79. The van der Waals surface area contributed by atoms with Crippen LogP contribution in [0.15, 0.2) is 30.6 Å². The van der Waals surface area contributed by atoms with E-state index in [1.807, 2.05) is 18.5 Å². The van der Waals surface area contributed by atoms with Crippen LogP contribution in [-0.4, -0.2) is 60.4 Å². The SMILES string of the molecule is c1ccc(CN(Cc2cnc(N3CCOCC3)s2)CC2CCCO2)nc1. The van der Waals surface area contributed by atoms with Gasteiger partial charge in [0.25, 0.3) is 0 Å². The van der Waals surface area contributed by atoms with Gasteiger partial charge in [0.2, 0.25) is 0 Å². The fourth-order valence-electron chi connectivity index (χ4n) is 3.47. The second kappa shape index (κ2) is 8.90. The molecule has 2 aromatic heterocycles. The molecule has 4 heterocycles. The molecule has 0 bridgehead atoms. The van der Waals surface area contributed by atoms with Crippen molar-refractivity contribution in [2.45, 2.75) is 32.0 Å². The molecule has 2 aliphatic heterocycles. The van der Waals surface area contributed by atoms with Gasteiger partial charge in [-0.05, 0) is 25.0 Å². The quantitative estimate of drug-likeness (QED) is 0.742. The van der Waals surface area contributed by atoms with Crippen LogP contribution in [0.5, 0.6) is 0 Å². The molecule has 1 unspecified atom stereocenters. The van der Waals surface area contributed by atoms with Gasteiger partial charge in [0.1, 0.15) is 0 Å². The van der Waals surface area contributed by atoms with Crippen LogP contribution < -0.4 is 4.90 Å². The van der Waals surface area contributed by atoms with Crippen molar-refractivity contribution in [3.8, 4) is 0 Å². The van der Waals surface area contributed by atoms with Crippen molar-refractivity contribution in [1.82, 2.24) is 14.9 Å². The van der Waals surface area contributed by atoms with Crippen LogP contribution >= 0.6 is 11.3 Å². The van der Waals surface area contributed by atoms with E-state index < -0.39 is 0 Å². The van der Waals surface area contributed by atoms with Crippen LogP contribution in [0.3, 0.4) is 0 Å². The Morgan fingerprint density at radius 3 is 2.85 bits per heavy atom. The predicted molar refractivity (Wildman–Crippen MR) is 102 cm³/mol. The monoisotopic (exact) mass is 374 g/mol. The van der Waals surface area contributed by atoms with E-state index in [1.54, 1.807) is 11.3 Å². The average molecular weight is 375 g/mol. The summed E-state index contributed by atoms with van der Waals surface area (Å²) >= 11 is 1.79. The van der Waals surface area contributed by atoms with Gasteiger partial charge in [0.05, 0.1) is 25.0 Å². The number of aromatic nitrogens is 2. The zero-order valence-electron chi connectivity index (χ0n) is 15.0. The molecule has 2 aromatic rings. The minimum Gasteiger partial charge on any atom is -0.378 e. The maximum absolute atomic E-state index is 5.86. The number of anilines is 1. The normalized spacial score (nSPS) is 20.8. The molecule has 0 amide bonds. The minimum absolute atomic E-state index is 0.338. The van der Waals surface area contributed by atoms with Gasteiger partial charge in [0, 0.05) is 56.6 Å². The summed E-state index contributed by atoms with van der Waals surface area (Å²) in [5, 5.41) is 1.11. The fourth-order valence-corrected chi connectivity index (χ4v) is 4.48. The lowest BCUT2D eigenvalue weighted by Crippen LogP contribution is -2.36. The number of pyridine rings is 1. The van der Waals surface area contributed by atoms with E-state index in [-0.39, 0.29) is 0 Å². The Balaban J connectivity index is 1.42. The molecule has 0 spiro atoms.